The van der Waals surface area contributed by atoms with Gasteiger partial charge in [0.05, 0.1) is 5.69 Å². The average Bonchev–Trinajstić information content (AvgIpc) is 2.85. The lowest BCUT2D eigenvalue weighted by molar-refractivity contribution is 1.08. The fraction of sp³-hybridized carbons (Fsp3) is 0.200. The molecule has 0 bridgehead atoms. The number of benzene rings is 2. The Morgan fingerprint density at radius 1 is 0.667 bits per heavy atom. The van der Waals surface area contributed by atoms with Crippen LogP contribution in [-0.2, 0) is 0 Å². The number of aryl methyl sites for hydroxylation is 4. The van der Waals surface area contributed by atoms with Crippen LogP contribution in [0.5, 0.6) is 0 Å². The first kappa shape index (κ1) is 13.7. The molecule has 0 aliphatic rings. The van der Waals surface area contributed by atoms with Crippen molar-refractivity contribution < 1.29 is 0 Å². The summed E-state index contributed by atoms with van der Waals surface area (Å²) >= 11 is 0. The molecule has 1 nitrogen and oxygen atoms in total. The van der Waals surface area contributed by atoms with Crippen LogP contribution in [0.25, 0.3) is 16.9 Å². The largest absolute Gasteiger partial charge is 0.316 e. The smallest absolute Gasteiger partial charge is 0.0531 e. The van der Waals surface area contributed by atoms with Gasteiger partial charge in [0.15, 0.2) is 0 Å². The Bertz CT molecular complexity index is 776. The highest BCUT2D eigenvalue weighted by atomic mass is 15.0. The molecule has 0 aliphatic heterocycles. The SMILES string of the molecule is Cc1ccc(-n2cc(C)cc2-c2ccc(C)c(C)c2)cc1. The summed E-state index contributed by atoms with van der Waals surface area (Å²) in [6, 6.07) is 17.6. The molecule has 0 spiro atoms. The third kappa shape index (κ3) is 2.64. The second kappa shape index (κ2) is 5.25. The lowest BCUT2D eigenvalue weighted by atomic mass is 10.0. The molecule has 3 aromatic rings. The Labute approximate surface area is 126 Å². The van der Waals surface area contributed by atoms with Gasteiger partial charge in [-0.25, -0.2) is 0 Å². The lowest BCUT2D eigenvalue weighted by Gasteiger charge is -2.11. The second-order valence-electron chi connectivity index (χ2n) is 5.91. The molecule has 0 N–H and O–H groups in total. The summed E-state index contributed by atoms with van der Waals surface area (Å²) < 4.78 is 2.28. The molecule has 1 aromatic heterocycles. The zero-order valence-corrected chi connectivity index (χ0v) is 13.1. The van der Waals surface area contributed by atoms with Crippen molar-refractivity contribution in [2.75, 3.05) is 0 Å². The van der Waals surface area contributed by atoms with Gasteiger partial charge in [0.2, 0.25) is 0 Å². The predicted molar refractivity (Wildman–Crippen MR) is 90.2 cm³/mol. The van der Waals surface area contributed by atoms with Crippen LogP contribution in [-0.4, -0.2) is 4.57 Å². The van der Waals surface area contributed by atoms with Crippen molar-refractivity contribution in [3.8, 4) is 16.9 Å². The summed E-state index contributed by atoms with van der Waals surface area (Å²) in [5.74, 6) is 0. The number of aromatic nitrogens is 1. The topological polar surface area (TPSA) is 4.93 Å². The van der Waals surface area contributed by atoms with Crippen molar-refractivity contribution in [3.05, 3.63) is 77.0 Å². The Kier molecular flexibility index (Phi) is 3.42. The van der Waals surface area contributed by atoms with Gasteiger partial charge in [-0.05, 0) is 74.2 Å². The van der Waals surface area contributed by atoms with Crippen LogP contribution in [0.15, 0.2) is 54.7 Å². The van der Waals surface area contributed by atoms with Crippen molar-refractivity contribution in [1.82, 2.24) is 4.57 Å². The van der Waals surface area contributed by atoms with Crippen LogP contribution in [0.4, 0.5) is 0 Å². The molecule has 0 saturated carbocycles. The minimum atomic E-state index is 1.21. The molecule has 0 radical (unpaired) electrons. The molecule has 2 aromatic carbocycles. The Hall–Kier alpha value is -2.28. The summed E-state index contributed by atoms with van der Waals surface area (Å²) in [5, 5.41) is 0. The minimum absolute atomic E-state index is 1.21. The normalized spacial score (nSPS) is 10.9. The summed E-state index contributed by atoms with van der Waals surface area (Å²) in [4.78, 5) is 0. The van der Waals surface area contributed by atoms with E-state index < -0.39 is 0 Å². The van der Waals surface area contributed by atoms with Gasteiger partial charge in [0.1, 0.15) is 0 Å². The van der Waals surface area contributed by atoms with Crippen molar-refractivity contribution >= 4 is 0 Å². The molecule has 1 heteroatoms. The molecular weight excluding hydrogens is 254 g/mol. The van der Waals surface area contributed by atoms with Crippen LogP contribution < -0.4 is 0 Å². The van der Waals surface area contributed by atoms with Gasteiger partial charge in [-0.1, -0.05) is 29.8 Å². The Balaban J connectivity index is 2.15. The van der Waals surface area contributed by atoms with E-state index in [1.54, 1.807) is 0 Å². The molecule has 0 aliphatic carbocycles. The van der Waals surface area contributed by atoms with Gasteiger partial charge in [-0.3, -0.25) is 0 Å². The zero-order chi connectivity index (χ0) is 15.0. The van der Waals surface area contributed by atoms with Crippen molar-refractivity contribution in [1.29, 1.82) is 0 Å². The standard InChI is InChI=1S/C20H21N/c1-14-5-9-19(10-6-14)21-13-15(2)11-20(21)18-8-7-16(3)17(4)12-18/h5-13H,1-4H3. The number of hydrogen-bond donors (Lipinski definition) is 0. The fourth-order valence-corrected chi connectivity index (χ4v) is 2.64. The quantitative estimate of drug-likeness (QED) is 0.592. The zero-order valence-electron chi connectivity index (χ0n) is 13.1. The van der Waals surface area contributed by atoms with Crippen LogP contribution in [0, 0.1) is 27.7 Å². The van der Waals surface area contributed by atoms with E-state index in [0.29, 0.717) is 0 Å². The summed E-state index contributed by atoms with van der Waals surface area (Å²) in [5.41, 5.74) is 8.97. The predicted octanol–water partition coefficient (Wildman–Crippen LogP) is 5.38. The van der Waals surface area contributed by atoms with Gasteiger partial charge in [-0.2, -0.15) is 0 Å². The van der Waals surface area contributed by atoms with Crippen LogP contribution in [0.2, 0.25) is 0 Å². The molecule has 106 valence electrons. The van der Waals surface area contributed by atoms with Crippen LogP contribution in [0.3, 0.4) is 0 Å². The molecular formula is C20H21N. The maximum absolute atomic E-state index is 2.28. The van der Waals surface area contributed by atoms with Crippen molar-refractivity contribution in [3.63, 3.8) is 0 Å². The molecule has 21 heavy (non-hydrogen) atoms. The minimum Gasteiger partial charge on any atom is -0.316 e. The summed E-state index contributed by atoms with van der Waals surface area (Å²) in [7, 11) is 0. The maximum Gasteiger partial charge on any atom is 0.0531 e. The van der Waals surface area contributed by atoms with Gasteiger partial charge in [-0.15, -0.1) is 0 Å². The van der Waals surface area contributed by atoms with Gasteiger partial charge >= 0.3 is 0 Å². The lowest BCUT2D eigenvalue weighted by Crippen LogP contribution is -1.95. The first-order valence-corrected chi connectivity index (χ1v) is 7.38. The Morgan fingerprint density at radius 3 is 2.05 bits per heavy atom. The van der Waals surface area contributed by atoms with Crippen molar-refractivity contribution in [2.24, 2.45) is 0 Å². The molecule has 0 fully saturated rings. The van der Waals surface area contributed by atoms with E-state index in [0.717, 1.165) is 0 Å². The van der Waals surface area contributed by atoms with Gasteiger partial charge < -0.3 is 4.57 Å². The van der Waals surface area contributed by atoms with E-state index in [2.05, 4.69) is 87.0 Å². The van der Waals surface area contributed by atoms with Crippen LogP contribution in [0.1, 0.15) is 22.3 Å². The average molecular weight is 275 g/mol. The monoisotopic (exact) mass is 275 g/mol. The second-order valence-corrected chi connectivity index (χ2v) is 5.91. The molecule has 0 saturated heterocycles. The highest BCUT2D eigenvalue weighted by molar-refractivity contribution is 5.65. The number of rotatable bonds is 2. The highest BCUT2D eigenvalue weighted by Gasteiger charge is 2.09. The van der Waals surface area contributed by atoms with Gasteiger partial charge in [0, 0.05) is 11.9 Å². The molecule has 3 rings (SSSR count). The third-order valence-corrected chi connectivity index (χ3v) is 4.07. The fourth-order valence-electron chi connectivity index (χ4n) is 2.64. The Morgan fingerprint density at radius 2 is 1.38 bits per heavy atom. The van der Waals surface area contributed by atoms with E-state index in [1.807, 2.05) is 0 Å². The first-order valence-electron chi connectivity index (χ1n) is 7.38. The molecule has 1 heterocycles. The van der Waals surface area contributed by atoms with E-state index in [1.165, 1.54) is 39.2 Å². The first-order chi connectivity index (χ1) is 10.0. The highest BCUT2D eigenvalue weighted by Crippen LogP contribution is 2.27. The van der Waals surface area contributed by atoms with Crippen molar-refractivity contribution in [2.45, 2.75) is 27.7 Å². The summed E-state index contributed by atoms with van der Waals surface area (Å²) in [6.07, 6.45) is 2.20. The number of nitrogens with zero attached hydrogens (tertiary/aromatic N) is 1. The molecule has 0 amide bonds. The van der Waals surface area contributed by atoms with Gasteiger partial charge in [0.25, 0.3) is 0 Å². The third-order valence-electron chi connectivity index (χ3n) is 4.07. The summed E-state index contributed by atoms with van der Waals surface area (Å²) in [6.45, 7) is 8.60. The molecule has 0 unspecified atom stereocenters. The van der Waals surface area contributed by atoms with E-state index in [9.17, 15) is 0 Å². The van der Waals surface area contributed by atoms with E-state index >= 15 is 0 Å². The van der Waals surface area contributed by atoms with Crippen LogP contribution >= 0.6 is 0 Å². The number of hydrogen-bond acceptors (Lipinski definition) is 0. The maximum atomic E-state index is 2.28. The molecule has 0 atom stereocenters. The van der Waals surface area contributed by atoms with E-state index in [4.69, 9.17) is 0 Å². The van der Waals surface area contributed by atoms with E-state index in [-0.39, 0.29) is 0 Å².